The third-order valence-electron chi connectivity index (χ3n) is 6.26. The maximum atomic E-state index is 13.2. The summed E-state index contributed by atoms with van der Waals surface area (Å²) < 4.78 is 1.02. The van der Waals surface area contributed by atoms with E-state index in [1.54, 1.807) is 0 Å². The first kappa shape index (κ1) is 15.5. The highest BCUT2D eigenvalue weighted by molar-refractivity contribution is 5.99. The standard InChI is InChI=1S/C19H28N2O/c1-4-21(13-5-6-14-21)19(11-8-12-19)18(22)20-17-15(2)9-7-10-16(17)3/h7,9-10H,4-6,8,11-14H2,1-3H3/p+1. The van der Waals surface area contributed by atoms with Crippen molar-refractivity contribution >= 4 is 11.6 Å². The van der Waals surface area contributed by atoms with Crippen molar-refractivity contribution in [1.29, 1.82) is 0 Å². The molecule has 2 aliphatic rings. The molecular weight excluding hydrogens is 272 g/mol. The van der Waals surface area contributed by atoms with Gasteiger partial charge in [-0.1, -0.05) is 18.2 Å². The summed E-state index contributed by atoms with van der Waals surface area (Å²) in [5.41, 5.74) is 3.17. The van der Waals surface area contributed by atoms with E-state index in [2.05, 4.69) is 44.3 Å². The van der Waals surface area contributed by atoms with Gasteiger partial charge in [0.2, 0.25) is 0 Å². The van der Waals surface area contributed by atoms with Crippen molar-refractivity contribution in [3.63, 3.8) is 0 Å². The number of amides is 1. The van der Waals surface area contributed by atoms with Crippen molar-refractivity contribution in [2.45, 2.75) is 58.4 Å². The smallest absolute Gasteiger partial charge is 0.285 e. The number of para-hydroxylation sites is 1. The quantitative estimate of drug-likeness (QED) is 0.842. The lowest BCUT2D eigenvalue weighted by atomic mass is 9.72. The molecule has 3 nitrogen and oxygen atoms in total. The van der Waals surface area contributed by atoms with Crippen molar-refractivity contribution < 1.29 is 9.28 Å². The molecule has 2 fully saturated rings. The minimum Gasteiger partial charge on any atom is -0.320 e. The van der Waals surface area contributed by atoms with Crippen molar-refractivity contribution in [3.05, 3.63) is 29.3 Å². The summed E-state index contributed by atoms with van der Waals surface area (Å²) >= 11 is 0. The van der Waals surface area contributed by atoms with Crippen molar-refractivity contribution in [3.8, 4) is 0 Å². The zero-order valence-corrected chi connectivity index (χ0v) is 14.2. The number of likely N-dealkylation sites (N-methyl/N-ethyl adjacent to an activating group) is 1. The number of quaternary nitrogens is 1. The Bertz CT molecular complexity index is 549. The van der Waals surface area contributed by atoms with Crippen molar-refractivity contribution in [1.82, 2.24) is 0 Å². The van der Waals surface area contributed by atoms with Crippen LogP contribution < -0.4 is 5.32 Å². The molecule has 3 rings (SSSR count). The van der Waals surface area contributed by atoms with E-state index >= 15 is 0 Å². The molecule has 1 heterocycles. The Morgan fingerprint density at radius 2 is 1.73 bits per heavy atom. The van der Waals surface area contributed by atoms with Gasteiger partial charge in [-0.2, -0.15) is 0 Å². The van der Waals surface area contributed by atoms with Crippen LogP contribution in [0.2, 0.25) is 0 Å². The number of nitrogens with one attached hydrogen (secondary N) is 1. The summed E-state index contributed by atoms with van der Waals surface area (Å²) in [5, 5.41) is 3.30. The molecule has 120 valence electrons. The van der Waals surface area contributed by atoms with Gasteiger partial charge >= 0.3 is 0 Å². The van der Waals surface area contributed by atoms with Crippen LogP contribution in [-0.4, -0.2) is 35.6 Å². The molecular formula is C19H29N2O+. The number of benzene rings is 1. The average Bonchev–Trinajstić information content (AvgIpc) is 2.92. The van der Waals surface area contributed by atoms with Crippen LogP contribution >= 0.6 is 0 Å². The van der Waals surface area contributed by atoms with Gasteiger partial charge in [0, 0.05) is 31.4 Å². The summed E-state index contributed by atoms with van der Waals surface area (Å²) in [6.45, 7) is 9.86. The lowest BCUT2D eigenvalue weighted by Crippen LogP contribution is -2.71. The largest absolute Gasteiger partial charge is 0.320 e. The normalized spacial score (nSPS) is 22.1. The third-order valence-corrected chi connectivity index (χ3v) is 6.26. The molecule has 22 heavy (non-hydrogen) atoms. The Morgan fingerprint density at radius 1 is 1.14 bits per heavy atom. The first-order valence-electron chi connectivity index (χ1n) is 8.78. The van der Waals surface area contributed by atoms with E-state index in [0.29, 0.717) is 0 Å². The first-order chi connectivity index (χ1) is 10.5. The van der Waals surface area contributed by atoms with E-state index in [1.807, 2.05) is 0 Å². The van der Waals surface area contributed by atoms with E-state index in [4.69, 9.17) is 0 Å². The third kappa shape index (κ3) is 2.18. The molecule has 1 aromatic rings. The second-order valence-corrected chi connectivity index (χ2v) is 7.22. The minimum atomic E-state index is -0.167. The molecule has 0 unspecified atom stereocenters. The molecule has 1 N–H and O–H groups in total. The van der Waals surface area contributed by atoms with E-state index in [9.17, 15) is 4.79 Å². The van der Waals surface area contributed by atoms with Gasteiger partial charge in [-0.05, 0) is 38.3 Å². The van der Waals surface area contributed by atoms with Gasteiger partial charge in [0.25, 0.3) is 5.91 Å². The molecule has 1 aromatic carbocycles. The van der Waals surface area contributed by atoms with Crippen LogP contribution in [0, 0.1) is 13.8 Å². The topological polar surface area (TPSA) is 29.1 Å². The van der Waals surface area contributed by atoms with Crippen LogP contribution in [0.3, 0.4) is 0 Å². The lowest BCUT2D eigenvalue weighted by Gasteiger charge is -2.54. The van der Waals surface area contributed by atoms with Gasteiger partial charge in [0.1, 0.15) is 0 Å². The van der Waals surface area contributed by atoms with E-state index in [1.165, 1.54) is 32.4 Å². The van der Waals surface area contributed by atoms with Crippen molar-refractivity contribution in [2.75, 3.05) is 25.0 Å². The molecule has 0 bridgehead atoms. The highest BCUT2D eigenvalue weighted by atomic mass is 16.2. The number of nitrogens with zero attached hydrogens (tertiary/aromatic N) is 1. The number of likely N-dealkylation sites (tertiary alicyclic amines) is 1. The molecule has 1 aliphatic heterocycles. The van der Waals surface area contributed by atoms with Gasteiger partial charge in [-0.25, -0.2) is 0 Å². The molecule has 1 saturated carbocycles. The Kier molecular flexibility index (Phi) is 4.02. The van der Waals surface area contributed by atoms with E-state index < -0.39 is 0 Å². The summed E-state index contributed by atoms with van der Waals surface area (Å²) in [6.07, 6.45) is 5.84. The minimum absolute atomic E-state index is 0.167. The maximum absolute atomic E-state index is 13.2. The van der Waals surface area contributed by atoms with Crippen LogP contribution in [0.15, 0.2) is 18.2 Å². The fraction of sp³-hybridized carbons (Fsp3) is 0.632. The Balaban J connectivity index is 1.89. The highest BCUT2D eigenvalue weighted by Gasteiger charge is 2.60. The second kappa shape index (κ2) is 5.69. The summed E-state index contributed by atoms with van der Waals surface area (Å²) in [4.78, 5) is 13.2. The van der Waals surface area contributed by atoms with Crippen LogP contribution in [0.5, 0.6) is 0 Å². The zero-order chi connectivity index (χ0) is 15.8. The van der Waals surface area contributed by atoms with Gasteiger partial charge in [0.15, 0.2) is 5.54 Å². The Hall–Kier alpha value is -1.35. The monoisotopic (exact) mass is 301 g/mol. The molecule has 0 spiro atoms. The van der Waals surface area contributed by atoms with Gasteiger partial charge in [-0.3, -0.25) is 4.79 Å². The van der Waals surface area contributed by atoms with Crippen LogP contribution in [0.1, 0.15) is 50.2 Å². The van der Waals surface area contributed by atoms with Crippen LogP contribution in [-0.2, 0) is 4.79 Å². The number of hydrogen-bond donors (Lipinski definition) is 1. The molecule has 0 atom stereocenters. The number of hydrogen-bond acceptors (Lipinski definition) is 1. The molecule has 3 heteroatoms. The summed E-state index contributed by atoms with van der Waals surface area (Å²) in [7, 11) is 0. The summed E-state index contributed by atoms with van der Waals surface area (Å²) in [5.74, 6) is 0.264. The predicted octanol–water partition coefficient (Wildman–Crippen LogP) is 3.80. The fourth-order valence-electron chi connectivity index (χ4n) is 4.66. The first-order valence-corrected chi connectivity index (χ1v) is 8.78. The predicted molar refractivity (Wildman–Crippen MR) is 90.9 cm³/mol. The maximum Gasteiger partial charge on any atom is 0.285 e. The number of rotatable bonds is 4. The van der Waals surface area contributed by atoms with Crippen LogP contribution in [0.25, 0.3) is 0 Å². The molecule has 1 aliphatic carbocycles. The van der Waals surface area contributed by atoms with Crippen LogP contribution in [0.4, 0.5) is 5.69 Å². The van der Waals surface area contributed by atoms with E-state index in [0.717, 1.165) is 40.7 Å². The molecule has 1 saturated heterocycles. The molecule has 0 aromatic heterocycles. The number of carbonyl (C=O) groups excluding carboxylic acids is 1. The number of aryl methyl sites for hydroxylation is 2. The molecule has 1 amide bonds. The molecule has 0 radical (unpaired) electrons. The average molecular weight is 301 g/mol. The number of carbonyl (C=O) groups is 1. The zero-order valence-electron chi connectivity index (χ0n) is 14.2. The SMILES string of the molecule is CC[N+]1(C2(C(=O)Nc3c(C)cccc3C)CCC2)CCCC1. The lowest BCUT2D eigenvalue weighted by molar-refractivity contribution is -0.960. The Morgan fingerprint density at radius 3 is 2.18 bits per heavy atom. The Labute approximate surface area is 134 Å². The van der Waals surface area contributed by atoms with E-state index in [-0.39, 0.29) is 11.4 Å². The number of anilines is 1. The fourth-order valence-corrected chi connectivity index (χ4v) is 4.66. The van der Waals surface area contributed by atoms with Gasteiger partial charge in [-0.15, -0.1) is 0 Å². The highest BCUT2D eigenvalue weighted by Crippen LogP contribution is 2.46. The van der Waals surface area contributed by atoms with Gasteiger partial charge < -0.3 is 9.80 Å². The summed E-state index contributed by atoms with van der Waals surface area (Å²) in [6, 6.07) is 6.21. The van der Waals surface area contributed by atoms with Gasteiger partial charge in [0.05, 0.1) is 19.6 Å². The van der Waals surface area contributed by atoms with Crippen molar-refractivity contribution in [2.24, 2.45) is 0 Å². The second-order valence-electron chi connectivity index (χ2n) is 7.22.